The maximum absolute atomic E-state index is 12.1. The predicted octanol–water partition coefficient (Wildman–Crippen LogP) is 0.932. The number of nitrogens with one attached hydrogen (secondary N) is 1. The highest BCUT2D eigenvalue weighted by Crippen LogP contribution is 2.37. The molecule has 0 unspecified atom stereocenters. The molecule has 1 N–H and O–H groups in total. The zero-order valence-corrected chi connectivity index (χ0v) is 14.6. The number of aromatic nitrogens is 3. The van der Waals surface area contributed by atoms with E-state index in [-0.39, 0.29) is 11.4 Å². The second-order valence-electron chi connectivity index (χ2n) is 6.73. The van der Waals surface area contributed by atoms with E-state index in [0.29, 0.717) is 18.3 Å². The molecule has 1 aromatic rings. The first-order chi connectivity index (χ1) is 11.1. The van der Waals surface area contributed by atoms with Gasteiger partial charge in [-0.3, -0.25) is 9.69 Å². The molecule has 7 nitrogen and oxygen atoms in total. The van der Waals surface area contributed by atoms with E-state index >= 15 is 0 Å². The van der Waals surface area contributed by atoms with Crippen LogP contribution in [0.1, 0.15) is 32.7 Å². The van der Waals surface area contributed by atoms with E-state index in [2.05, 4.69) is 38.8 Å². The number of nitrogens with zero attached hydrogens (tertiary/aromatic N) is 4. The van der Waals surface area contributed by atoms with Crippen LogP contribution in [0.25, 0.3) is 0 Å². The summed E-state index contributed by atoms with van der Waals surface area (Å²) in [6.45, 7) is 8.34. The molecule has 8 heteroatoms. The monoisotopic (exact) mass is 339 g/mol. The normalized spacial score (nSPS) is 19.7. The van der Waals surface area contributed by atoms with Gasteiger partial charge in [-0.2, -0.15) is 0 Å². The maximum Gasteiger partial charge on any atom is 0.230 e. The van der Waals surface area contributed by atoms with Gasteiger partial charge in [-0.1, -0.05) is 11.8 Å². The van der Waals surface area contributed by atoms with Crippen molar-refractivity contribution in [1.82, 2.24) is 25.0 Å². The SMILES string of the molecule is CC(C)(CNC(=O)CSc1nncn1C1CC1)N1CCOCC1. The van der Waals surface area contributed by atoms with Crippen LogP contribution in [0.15, 0.2) is 11.5 Å². The molecule has 0 aromatic carbocycles. The van der Waals surface area contributed by atoms with Crippen molar-refractivity contribution in [2.45, 2.75) is 43.4 Å². The number of rotatable bonds is 7. The molecule has 0 atom stereocenters. The molecule has 2 fully saturated rings. The number of carbonyl (C=O) groups is 1. The van der Waals surface area contributed by atoms with Crippen molar-refractivity contribution in [3.8, 4) is 0 Å². The number of hydrogen-bond acceptors (Lipinski definition) is 6. The summed E-state index contributed by atoms with van der Waals surface area (Å²) in [6, 6.07) is 0.538. The van der Waals surface area contributed by atoms with Gasteiger partial charge in [-0.05, 0) is 26.7 Å². The summed E-state index contributed by atoms with van der Waals surface area (Å²) in [5.41, 5.74) is -0.0574. The highest BCUT2D eigenvalue weighted by atomic mass is 32.2. The number of morpholine rings is 1. The van der Waals surface area contributed by atoms with Crippen LogP contribution in [0.2, 0.25) is 0 Å². The average molecular weight is 339 g/mol. The Morgan fingerprint density at radius 1 is 1.43 bits per heavy atom. The number of carbonyl (C=O) groups excluding carboxylic acids is 1. The molecular weight excluding hydrogens is 314 g/mol. The maximum atomic E-state index is 12.1. The Labute approximate surface area is 141 Å². The van der Waals surface area contributed by atoms with Gasteiger partial charge < -0.3 is 14.6 Å². The van der Waals surface area contributed by atoms with Gasteiger partial charge in [0.05, 0.1) is 19.0 Å². The largest absolute Gasteiger partial charge is 0.379 e. The van der Waals surface area contributed by atoms with Gasteiger partial charge in [-0.25, -0.2) is 0 Å². The molecular formula is C15H25N5O2S. The van der Waals surface area contributed by atoms with Gasteiger partial charge in [0.15, 0.2) is 5.16 Å². The first kappa shape index (κ1) is 16.7. The van der Waals surface area contributed by atoms with Crippen molar-refractivity contribution >= 4 is 17.7 Å². The highest BCUT2D eigenvalue weighted by Gasteiger charge is 2.29. The molecule has 1 saturated carbocycles. The van der Waals surface area contributed by atoms with E-state index < -0.39 is 0 Å². The van der Waals surface area contributed by atoms with Crippen LogP contribution < -0.4 is 5.32 Å². The summed E-state index contributed by atoms with van der Waals surface area (Å²) < 4.78 is 7.47. The summed E-state index contributed by atoms with van der Waals surface area (Å²) in [5.74, 6) is 0.423. The molecule has 128 valence electrons. The standard InChI is InChI=1S/C15H25N5O2S/c1-15(2,19-5-7-22-8-6-19)10-16-13(21)9-23-14-18-17-11-20(14)12-3-4-12/h11-12H,3-10H2,1-2H3,(H,16,21). The van der Waals surface area contributed by atoms with Crippen molar-refractivity contribution in [2.75, 3.05) is 38.6 Å². The van der Waals surface area contributed by atoms with Gasteiger partial charge in [0.2, 0.25) is 5.91 Å². The van der Waals surface area contributed by atoms with Crippen LogP contribution in [0, 0.1) is 0 Å². The van der Waals surface area contributed by atoms with Crippen LogP contribution in [0.4, 0.5) is 0 Å². The zero-order valence-electron chi connectivity index (χ0n) is 13.8. The molecule has 1 aromatic heterocycles. The van der Waals surface area contributed by atoms with Gasteiger partial charge in [0.1, 0.15) is 6.33 Å². The Hall–Kier alpha value is -1.12. The van der Waals surface area contributed by atoms with E-state index in [9.17, 15) is 4.79 Å². The minimum Gasteiger partial charge on any atom is -0.379 e. The lowest BCUT2D eigenvalue weighted by Gasteiger charge is -2.40. The molecule has 0 radical (unpaired) electrons. The van der Waals surface area contributed by atoms with E-state index in [4.69, 9.17) is 4.74 Å². The summed E-state index contributed by atoms with van der Waals surface area (Å²) in [4.78, 5) is 14.5. The number of thioether (sulfide) groups is 1. The molecule has 2 aliphatic rings. The second-order valence-corrected chi connectivity index (χ2v) is 7.67. The van der Waals surface area contributed by atoms with Crippen molar-refractivity contribution in [1.29, 1.82) is 0 Å². The Bertz CT molecular complexity index is 538. The first-order valence-electron chi connectivity index (χ1n) is 8.18. The van der Waals surface area contributed by atoms with Crippen LogP contribution >= 0.6 is 11.8 Å². The van der Waals surface area contributed by atoms with Gasteiger partial charge in [-0.15, -0.1) is 10.2 Å². The fraction of sp³-hybridized carbons (Fsp3) is 0.800. The van der Waals surface area contributed by atoms with Crippen molar-refractivity contribution in [2.24, 2.45) is 0 Å². The summed E-state index contributed by atoms with van der Waals surface area (Å²) >= 11 is 1.46. The Balaban J connectivity index is 1.43. The van der Waals surface area contributed by atoms with Crippen LogP contribution in [-0.2, 0) is 9.53 Å². The van der Waals surface area contributed by atoms with E-state index in [0.717, 1.165) is 31.5 Å². The summed E-state index contributed by atoms with van der Waals surface area (Å²) in [6.07, 6.45) is 4.14. The van der Waals surface area contributed by atoms with Gasteiger partial charge in [0.25, 0.3) is 0 Å². The lowest BCUT2D eigenvalue weighted by atomic mass is 10.0. The minimum absolute atomic E-state index is 0.0432. The number of amides is 1. The smallest absolute Gasteiger partial charge is 0.230 e. The summed E-state index contributed by atoms with van der Waals surface area (Å²) in [5, 5.41) is 11.9. The Morgan fingerprint density at radius 2 is 2.17 bits per heavy atom. The Morgan fingerprint density at radius 3 is 2.87 bits per heavy atom. The molecule has 0 bridgehead atoms. The Kier molecular flexibility index (Phi) is 5.23. The topological polar surface area (TPSA) is 72.3 Å². The third kappa shape index (κ3) is 4.45. The van der Waals surface area contributed by atoms with Crippen molar-refractivity contribution in [3.63, 3.8) is 0 Å². The predicted molar refractivity (Wildman–Crippen MR) is 88.5 cm³/mol. The average Bonchev–Trinajstić information content (AvgIpc) is 3.30. The molecule has 1 amide bonds. The highest BCUT2D eigenvalue weighted by molar-refractivity contribution is 7.99. The number of ether oxygens (including phenoxy) is 1. The molecule has 1 saturated heterocycles. The second kappa shape index (κ2) is 7.19. The fourth-order valence-corrected chi connectivity index (χ4v) is 3.53. The van der Waals surface area contributed by atoms with E-state index in [1.807, 2.05) is 0 Å². The summed E-state index contributed by atoms with van der Waals surface area (Å²) in [7, 11) is 0. The molecule has 1 aliphatic carbocycles. The van der Waals surface area contributed by atoms with Gasteiger partial charge in [0, 0.05) is 31.2 Å². The lowest BCUT2D eigenvalue weighted by molar-refractivity contribution is -0.119. The third-order valence-corrected chi connectivity index (χ3v) is 5.36. The number of hydrogen-bond donors (Lipinski definition) is 1. The van der Waals surface area contributed by atoms with E-state index in [1.54, 1.807) is 6.33 Å². The quantitative estimate of drug-likeness (QED) is 0.745. The van der Waals surface area contributed by atoms with E-state index in [1.165, 1.54) is 24.6 Å². The van der Waals surface area contributed by atoms with Crippen LogP contribution in [0.3, 0.4) is 0 Å². The molecule has 23 heavy (non-hydrogen) atoms. The lowest BCUT2D eigenvalue weighted by Crippen LogP contribution is -2.55. The third-order valence-electron chi connectivity index (χ3n) is 4.40. The van der Waals surface area contributed by atoms with Gasteiger partial charge >= 0.3 is 0 Å². The van der Waals surface area contributed by atoms with Crippen LogP contribution in [-0.4, -0.2) is 69.7 Å². The van der Waals surface area contributed by atoms with Crippen molar-refractivity contribution < 1.29 is 9.53 Å². The first-order valence-corrected chi connectivity index (χ1v) is 9.16. The molecule has 2 heterocycles. The fourth-order valence-electron chi connectivity index (χ4n) is 2.71. The molecule has 0 spiro atoms. The van der Waals surface area contributed by atoms with Crippen LogP contribution in [0.5, 0.6) is 0 Å². The molecule has 1 aliphatic heterocycles. The zero-order chi connectivity index (χ0) is 16.3. The minimum atomic E-state index is -0.0574. The molecule has 3 rings (SSSR count). The van der Waals surface area contributed by atoms with Crippen molar-refractivity contribution in [3.05, 3.63) is 6.33 Å².